The maximum atomic E-state index is 5.35. The molecule has 8 nitrogen and oxygen atoms in total. The van der Waals surface area contributed by atoms with Crippen molar-refractivity contribution in [2.45, 2.75) is 0 Å². The molecule has 3 aromatic heterocycles. The number of ether oxygens (including phenoxy) is 1. The smallest absolute Gasteiger partial charge is 0.198 e. The van der Waals surface area contributed by atoms with Gasteiger partial charge in [0.15, 0.2) is 11.5 Å². The summed E-state index contributed by atoms with van der Waals surface area (Å²) < 4.78 is 7.02. The second-order valence-electron chi connectivity index (χ2n) is 4.93. The minimum atomic E-state index is 0.654. The van der Waals surface area contributed by atoms with E-state index in [0.717, 1.165) is 37.8 Å². The van der Waals surface area contributed by atoms with Crippen molar-refractivity contribution in [3.8, 4) is 0 Å². The first-order valence-electron chi connectivity index (χ1n) is 7.10. The van der Waals surface area contributed by atoms with Crippen LogP contribution in [0.2, 0.25) is 0 Å². The fourth-order valence-corrected chi connectivity index (χ4v) is 2.42. The molecule has 0 spiro atoms. The van der Waals surface area contributed by atoms with Gasteiger partial charge >= 0.3 is 0 Å². The van der Waals surface area contributed by atoms with Crippen LogP contribution in [0, 0.1) is 0 Å². The van der Waals surface area contributed by atoms with E-state index in [1.807, 2.05) is 12.1 Å². The fourth-order valence-electron chi connectivity index (χ4n) is 2.42. The fraction of sp³-hybridized carbons (Fsp3) is 0.286. The lowest BCUT2D eigenvalue weighted by Crippen LogP contribution is -2.36. The third kappa shape index (κ3) is 2.44. The number of morpholine rings is 1. The van der Waals surface area contributed by atoms with Crippen molar-refractivity contribution < 1.29 is 4.74 Å². The van der Waals surface area contributed by atoms with Gasteiger partial charge in [-0.2, -0.15) is 5.10 Å². The molecule has 1 aliphatic heterocycles. The van der Waals surface area contributed by atoms with E-state index in [9.17, 15) is 0 Å². The van der Waals surface area contributed by atoms with Crippen LogP contribution in [0.15, 0.2) is 37.1 Å². The molecule has 0 aliphatic carbocycles. The molecule has 0 unspecified atom stereocenters. The van der Waals surface area contributed by atoms with E-state index in [2.05, 4.69) is 30.3 Å². The molecule has 8 heteroatoms. The number of fused-ring (bicyclic) bond motifs is 1. The average Bonchev–Trinajstić information content (AvgIpc) is 3.06. The molecule has 22 heavy (non-hydrogen) atoms. The summed E-state index contributed by atoms with van der Waals surface area (Å²) in [6, 6.07) is 3.98. The molecule has 112 valence electrons. The number of anilines is 3. The Morgan fingerprint density at radius 3 is 2.82 bits per heavy atom. The largest absolute Gasteiger partial charge is 0.378 e. The summed E-state index contributed by atoms with van der Waals surface area (Å²) in [5.41, 5.74) is 1.54. The van der Waals surface area contributed by atoms with Gasteiger partial charge in [0, 0.05) is 25.5 Å². The standard InChI is InChI=1S/C14H15N7O/c1-2-12(20-5-7-22-8-6-20)16-9-11(1)19-13-14-17-10-18-21(14)4-3-15-13/h1-4,9-10H,5-8H2,(H,15,19). The zero-order valence-electron chi connectivity index (χ0n) is 11.9. The summed E-state index contributed by atoms with van der Waals surface area (Å²) in [4.78, 5) is 15.2. The van der Waals surface area contributed by atoms with E-state index >= 15 is 0 Å². The number of hydrogen-bond acceptors (Lipinski definition) is 7. The van der Waals surface area contributed by atoms with Crippen molar-refractivity contribution >= 4 is 23.0 Å². The predicted molar refractivity (Wildman–Crippen MR) is 81.3 cm³/mol. The van der Waals surface area contributed by atoms with Crippen LogP contribution in [0.1, 0.15) is 0 Å². The van der Waals surface area contributed by atoms with Gasteiger partial charge in [-0.15, -0.1) is 0 Å². The van der Waals surface area contributed by atoms with Crippen molar-refractivity contribution in [1.82, 2.24) is 24.6 Å². The molecule has 0 atom stereocenters. The van der Waals surface area contributed by atoms with Gasteiger partial charge in [0.05, 0.1) is 25.1 Å². The van der Waals surface area contributed by atoms with E-state index in [4.69, 9.17) is 4.74 Å². The van der Waals surface area contributed by atoms with Gasteiger partial charge in [-0.25, -0.2) is 19.5 Å². The van der Waals surface area contributed by atoms with Gasteiger partial charge in [0.25, 0.3) is 0 Å². The van der Waals surface area contributed by atoms with E-state index in [-0.39, 0.29) is 0 Å². The molecule has 0 amide bonds. The van der Waals surface area contributed by atoms with Crippen molar-refractivity contribution in [1.29, 1.82) is 0 Å². The highest BCUT2D eigenvalue weighted by Gasteiger charge is 2.12. The Kier molecular flexibility index (Phi) is 3.28. The first-order valence-corrected chi connectivity index (χ1v) is 7.10. The second-order valence-corrected chi connectivity index (χ2v) is 4.93. The molecule has 0 bridgehead atoms. The molecule has 1 aliphatic rings. The molecule has 1 fully saturated rings. The number of rotatable bonds is 3. The Bertz CT molecular complexity index is 764. The average molecular weight is 297 g/mol. The summed E-state index contributed by atoms with van der Waals surface area (Å²) in [5, 5.41) is 7.31. The van der Waals surface area contributed by atoms with Crippen molar-refractivity contribution in [3.63, 3.8) is 0 Å². The van der Waals surface area contributed by atoms with Crippen LogP contribution in [0.25, 0.3) is 5.65 Å². The van der Waals surface area contributed by atoms with Gasteiger partial charge in [-0.05, 0) is 12.1 Å². The molecular formula is C14H15N7O. The number of pyridine rings is 1. The van der Waals surface area contributed by atoms with Gasteiger partial charge in [0.2, 0.25) is 0 Å². The van der Waals surface area contributed by atoms with E-state index < -0.39 is 0 Å². The Hall–Kier alpha value is -2.74. The minimum Gasteiger partial charge on any atom is -0.378 e. The third-order valence-corrected chi connectivity index (χ3v) is 3.54. The lowest BCUT2D eigenvalue weighted by molar-refractivity contribution is 0.122. The molecule has 0 saturated carbocycles. The van der Waals surface area contributed by atoms with Crippen LogP contribution in [0.3, 0.4) is 0 Å². The number of nitrogens with zero attached hydrogens (tertiary/aromatic N) is 6. The molecular weight excluding hydrogens is 282 g/mol. The summed E-state index contributed by atoms with van der Waals surface area (Å²) in [7, 11) is 0. The summed E-state index contributed by atoms with van der Waals surface area (Å²) >= 11 is 0. The monoisotopic (exact) mass is 297 g/mol. The Morgan fingerprint density at radius 1 is 1.09 bits per heavy atom. The lowest BCUT2D eigenvalue weighted by atomic mass is 10.3. The van der Waals surface area contributed by atoms with Crippen LogP contribution in [0.4, 0.5) is 17.3 Å². The Morgan fingerprint density at radius 2 is 2.00 bits per heavy atom. The van der Waals surface area contributed by atoms with E-state index in [1.54, 1.807) is 23.1 Å². The highest BCUT2D eigenvalue weighted by molar-refractivity contribution is 5.69. The molecule has 4 heterocycles. The Labute approximate surface area is 126 Å². The number of hydrogen-bond donors (Lipinski definition) is 1. The zero-order valence-corrected chi connectivity index (χ0v) is 11.9. The predicted octanol–water partition coefficient (Wildman–Crippen LogP) is 1.10. The summed E-state index contributed by atoms with van der Waals surface area (Å²) in [6.45, 7) is 3.25. The van der Waals surface area contributed by atoms with Crippen LogP contribution >= 0.6 is 0 Å². The highest BCUT2D eigenvalue weighted by atomic mass is 16.5. The minimum absolute atomic E-state index is 0.654. The molecule has 1 saturated heterocycles. The van der Waals surface area contributed by atoms with Gasteiger partial charge in [-0.3, -0.25) is 0 Å². The maximum Gasteiger partial charge on any atom is 0.198 e. The molecule has 0 radical (unpaired) electrons. The first kappa shape index (κ1) is 13.0. The van der Waals surface area contributed by atoms with E-state index in [0.29, 0.717) is 11.5 Å². The second kappa shape index (κ2) is 5.57. The van der Waals surface area contributed by atoms with Crippen LogP contribution in [-0.2, 0) is 4.74 Å². The molecule has 0 aromatic carbocycles. The van der Waals surface area contributed by atoms with Crippen LogP contribution in [0.5, 0.6) is 0 Å². The summed E-state index contributed by atoms with van der Waals surface area (Å²) in [5.74, 6) is 1.61. The maximum absolute atomic E-state index is 5.35. The number of aromatic nitrogens is 5. The molecule has 1 N–H and O–H groups in total. The van der Waals surface area contributed by atoms with Crippen molar-refractivity contribution in [3.05, 3.63) is 37.1 Å². The van der Waals surface area contributed by atoms with Gasteiger partial charge in [-0.1, -0.05) is 0 Å². The highest BCUT2D eigenvalue weighted by Crippen LogP contribution is 2.19. The normalized spacial score (nSPS) is 15.2. The lowest BCUT2D eigenvalue weighted by Gasteiger charge is -2.27. The van der Waals surface area contributed by atoms with Crippen molar-refractivity contribution in [2.75, 3.05) is 36.5 Å². The summed E-state index contributed by atoms with van der Waals surface area (Å²) in [6.07, 6.45) is 6.74. The quantitative estimate of drug-likeness (QED) is 0.775. The molecule has 4 rings (SSSR count). The van der Waals surface area contributed by atoms with Crippen molar-refractivity contribution in [2.24, 2.45) is 0 Å². The molecule has 3 aromatic rings. The SMILES string of the molecule is c1cn2ncnc2c(Nc2ccc(N3CCOCC3)nc2)n1. The third-order valence-electron chi connectivity index (χ3n) is 3.54. The van der Waals surface area contributed by atoms with Crippen LogP contribution < -0.4 is 10.2 Å². The van der Waals surface area contributed by atoms with Gasteiger partial charge in [0.1, 0.15) is 12.1 Å². The first-order chi connectivity index (χ1) is 10.9. The zero-order chi connectivity index (χ0) is 14.8. The topological polar surface area (TPSA) is 80.5 Å². The van der Waals surface area contributed by atoms with Crippen LogP contribution in [-0.4, -0.2) is 50.9 Å². The van der Waals surface area contributed by atoms with E-state index in [1.165, 1.54) is 6.33 Å². The number of nitrogens with one attached hydrogen (secondary N) is 1. The van der Waals surface area contributed by atoms with Gasteiger partial charge < -0.3 is 15.0 Å². The Balaban J connectivity index is 1.54.